The zero-order chi connectivity index (χ0) is 28.9. The molecule has 3 rings (SSSR count). The number of nitrogens with one attached hydrogen (secondary N) is 1. The summed E-state index contributed by atoms with van der Waals surface area (Å²) in [6.07, 6.45) is 6.17. The summed E-state index contributed by atoms with van der Waals surface area (Å²) in [6.45, 7) is 2.68. The van der Waals surface area contributed by atoms with Crippen molar-refractivity contribution >= 4 is 74.3 Å². The maximum Gasteiger partial charge on any atom is 0.338 e. The van der Waals surface area contributed by atoms with E-state index in [0.29, 0.717) is 54.8 Å². The van der Waals surface area contributed by atoms with E-state index in [1.807, 2.05) is 18.2 Å². The van der Waals surface area contributed by atoms with Crippen molar-refractivity contribution in [3.05, 3.63) is 85.8 Å². The lowest BCUT2D eigenvalue weighted by atomic mass is 10.1. The van der Waals surface area contributed by atoms with Gasteiger partial charge < -0.3 is 20.5 Å². The standard InChI is InChI=1S/C30H32BrCl2N3O4/c1-2-3-4-7-13-35-19-22-16-21(17-23(31)28(22)34)30(38)40-15-14-39-27(37)18-20-9-5-6-12-26(20)36-29-24(32)10-8-11-25(29)33/h5-6,8-12,16-17,19,36H,2-4,7,13-15,18,34H2,1H3. The van der Waals surface area contributed by atoms with E-state index >= 15 is 0 Å². The molecular weight excluding hydrogens is 617 g/mol. The van der Waals surface area contributed by atoms with Crippen LogP contribution in [0.3, 0.4) is 0 Å². The van der Waals surface area contributed by atoms with Gasteiger partial charge in [0.25, 0.3) is 0 Å². The average Bonchev–Trinajstić information content (AvgIpc) is 2.93. The number of anilines is 3. The first kappa shape index (κ1) is 31.5. The van der Waals surface area contributed by atoms with Crippen LogP contribution in [0.15, 0.2) is 64.1 Å². The second-order valence-electron chi connectivity index (χ2n) is 8.97. The number of unbranched alkanes of at least 4 members (excludes halogenated alkanes) is 3. The van der Waals surface area contributed by atoms with Crippen LogP contribution in [0.2, 0.25) is 10.0 Å². The molecule has 10 heteroatoms. The third-order valence-corrected chi connectivity index (χ3v) is 7.21. The fraction of sp³-hybridized carbons (Fsp3) is 0.300. The van der Waals surface area contributed by atoms with Crippen molar-refractivity contribution in [1.82, 2.24) is 0 Å². The van der Waals surface area contributed by atoms with Gasteiger partial charge in [0.1, 0.15) is 13.2 Å². The Morgan fingerprint density at radius 1 is 1.00 bits per heavy atom. The Kier molecular flexibility index (Phi) is 12.8. The summed E-state index contributed by atoms with van der Waals surface area (Å²) in [5.41, 5.74) is 9.51. The number of ether oxygens (including phenoxy) is 2. The molecule has 0 saturated carbocycles. The van der Waals surface area contributed by atoms with E-state index in [1.165, 1.54) is 12.8 Å². The summed E-state index contributed by atoms with van der Waals surface area (Å²) in [6, 6.07) is 15.7. The van der Waals surface area contributed by atoms with Crippen LogP contribution in [0.5, 0.6) is 0 Å². The van der Waals surface area contributed by atoms with Crippen molar-refractivity contribution in [2.24, 2.45) is 4.99 Å². The number of carbonyl (C=O) groups excluding carboxylic acids is 2. The van der Waals surface area contributed by atoms with Gasteiger partial charge in [-0.15, -0.1) is 0 Å². The Morgan fingerprint density at radius 2 is 1.73 bits per heavy atom. The monoisotopic (exact) mass is 647 g/mol. The second kappa shape index (κ2) is 16.3. The van der Waals surface area contributed by atoms with Gasteiger partial charge >= 0.3 is 11.9 Å². The number of carbonyl (C=O) groups is 2. The first-order valence-electron chi connectivity index (χ1n) is 13.0. The van der Waals surface area contributed by atoms with E-state index in [2.05, 4.69) is 33.2 Å². The van der Waals surface area contributed by atoms with E-state index in [1.54, 1.807) is 42.6 Å². The highest BCUT2D eigenvalue weighted by Crippen LogP contribution is 2.33. The molecule has 0 amide bonds. The minimum Gasteiger partial charge on any atom is -0.462 e. The molecule has 0 spiro atoms. The van der Waals surface area contributed by atoms with Crippen LogP contribution in [-0.4, -0.2) is 37.9 Å². The molecule has 0 unspecified atom stereocenters. The molecule has 0 fully saturated rings. The Hall–Kier alpha value is -3.07. The minimum atomic E-state index is -0.555. The van der Waals surface area contributed by atoms with Gasteiger partial charge in [-0.05, 0) is 58.2 Å². The van der Waals surface area contributed by atoms with E-state index in [9.17, 15) is 9.59 Å². The lowest BCUT2D eigenvalue weighted by Gasteiger charge is -2.14. The highest BCUT2D eigenvalue weighted by atomic mass is 79.9. The van der Waals surface area contributed by atoms with Crippen molar-refractivity contribution in [2.45, 2.75) is 39.0 Å². The van der Waals surface area contributed by atoms with Crippen LogP contribution in [0.4, 0.5) is 17.1 Å². The molecule has 7 nitrogen and oxygen atoms in total. The van der Waals surface area contributed by atoms with Crippen LogP contribution in [0.25, 0.3) is 0 Å². The third-order valence-electron chi connectivity index (χ3n) is 5.92. The number of halogens is 3. The number of nitrogen functional groups attached to an aromatic ring is 1. The first-order valence-corrected chi connectivity index (χ1v) is 14.6. The second-order valence-corrected chi connectivity index (χ2v) is 10.6. The number of benzene rings is 3. The first-order chi connectivity index (χ1) is 19.3. The molecule has 0 aromatic heterocycles. The highest BCUT2D eigenvalue weighted by molar-refractivity contribution is 9.10. The summed E-state index contributed by atoms with van der Waals surface area (Å²) < 4.78 is 11.2. The predicted molar refractivity (Wildman–Crippen MR) is 166 cm³/mol. The maximum atomic E-state index is 12.6. The molecule has 0 aliphatic heterocycles. The topological polar surface area (TPSA) is 103 Å². The molecule has 0 aliphatic carbocycles. The van der Waals surface area contributed by atoms with Crippen LogP contribution in [0.1, 0.15) is 54.1 Å². The molecule has 0 bridgehead atoms. The van der Waals surface area contributed by atoms with Crippen LogP contribution in [-0.2, 0) is 20.7 Å². The molecule has 0 aliphatic rings. The zero-order valence-corrected chi connectivity index (χ0v) is 25.3. The van der Waals surface area contributed by atoms with Gasteiger partial charge in [-0.1, -0.05) is 73.7 Å². The molecule has 0 saturated heterocycles. The number of nitrogens with zero attached hydrogens (tertiary/aromatic N) is 1. The van der Waals surface area contributed by atoms with Gasteiger partial charge in [0.15, 0.2) is 0 Å². The van der Waals surface area contributed by atoms with Crippen LogP contribution in [0, 0.1) is 0 Å². The molecule has 3 aromatic carbocycles. The van der Waals surface area contributed by atoms with E-state index in [-0.39, 0.29) is 19.6 Å². The number of hydrogen-bond donors (Lipinski definition) is 2. The SMILES string of the molecule is CCCCCCN=Cc1cc(C(=O)OCCOC(=O)Cc2ccccc2Nc2c(Cl)cccc2Cl)cc(Br)c1N. The van der Waals surface area contributed by atoms with Crippen molar-refractivity contribution in [2.75, 3.05) is 30.8 Å². The molecule has 3 aromatic rings. The Balaban J connectivity index is 1.50. The quantitative estimate of drug-likeness (QED) is 0.0794. The molecule has 0 heterocycles. The molecule has 3 N–H and O–H groups in total. The zero-order valence-electron chi connectivity index (χ0n) is 22.2. The Morgan fingerprint density at radius 3 is 2.48 bits per heavy atom. The number of para-hydroxylation sites is 2. The number of aliphatic imine (C=N–C) groups is 1. The number of hydrogen-bond acceptors (Lipinski definition) is 7. The maximum absolute atomic E-state index is 12.6. The third kappa shape index (κ3) is 9.54. The predicted octanol–water partition coefficient (Wildman–Crippen LogP) is 8.02. The lowest BCUT2D eigenvalue weighted by molar-refractivity contribution is -0.143. The fourth-order valence-corrected chi connectivity index (χ4v) is 4.75. The summed E-state index contributed by atoms with van der Waals surface area (Å²) in [5, 5.41) is 4.11. The van der Waals surface area contributed by atoms with Crippen molar-refractivity contribution < 1.29 is 19.1 Å². The molecule has 0 radical (unpaired) electrons. The number of nitrogens with two attached hydrogens (primary N) is 1. The molecule has 40 heavy (non-hydrogen) atoms. The average molecular weight is 649 g/mol. The fourth-order valence-electron chi connectivity index (χ4n) is 3.78. The van der Waals surface area contributed by atoms with E-state index in [4.69, 9.17) is 38.4 Å². The van der Waals surface area contributed by atoms with Gasteiger partial charge in [0, 0.05) is 28.5 Å². The van der Waals surface area contributed by atoms with Gasteiger partial charge in [-0.3, -0.25) is 9.79 Å². The van der Waals surface area contributed by atoms with E-state index in [0.717, 1.165) is 12.8 Å². The van der Waals surface area contributed by atoms with Crippen molar-refractivity contribution in [3.63, 3.8) is 0 Å². The number of rotatable bonds is 14. The van der Waals surface area contributed by atoms with Crippen molar-refractivity contribution in [1.29, 1.82) is 0 Å². The van der Waals surface area contributed by atoms with Crippen LogP contribution >= 0.6 is 39.1 Å². The summed E-state index contributed by atoms with van der Waals surface area (Å²) in [5.74, 6) is -1.02. The molecular formula is C30H32BrCl2N3O4. The smallest absolute Gasteiger partial charge is 0.338 e. The molecule has 212 valence electrons. The van der Waals surface area contributed by atoms with Gasteiger partial charge in [-0.2, -0.15) is 0 Å². The normalized spacial score (nSPS) is 11.0. The van der Waals surface area contributed by atoms with Gasteiger partial charge in [0.05, 0.1) is 33.4 Å². The largest absolute Gasteiger partial charge is 0.462 e. The summed E-state index contributed by atoms with van der Waals surface area (Å²) in [4.78, 5) is 29.5. The van der Waals surface area contributed by atoms with E-state index < -0.39 is 11.9 Å². The van der Waals surface area contributed by atoms with Gasteiger partial charge in [-0.25, -0.2) is 4.79 Å². The molecule has 0 atom stereocenters. The summed E-state index contributed by atoms with van der Waals surface area (Å²) >= 11 is 15.9. The van der Waals surface area contributed by atoms with Crippen molar-refractivity contribution in [3.8, 4) is 0 Å². The number of esters is 2. The lowest BCUT2D eigenvalue weighted by Crippen LogP contribution is -2.16. The minimum absolute atomic E-state index is 0.00520. The summed E-state index contributed by atoms with van der Waals surface area (Å²) in [7, 11) is 0. The Labute approximate surface area is 253 Å². The Bertz CT molecular complexity index is 1330. The highest BCUT2D eigenvalue weighted by Gasteiger charge is 2.15. The van der Waals surface area contributed by atoms with Gasteiger partial charge in [0.2, 0.25) is 0 Å². The van der Waals surface area contributed by atoms with Crippen LogP contribution < -0.4 is 11.1 Å².